The van der Waals surface area contributed by atoms with Gasteiger partial charge in [0.1, 0.15) is 0 Å². The minimum absolute atomic E-state index is 0.0767. The zero-order valence-corrected chi connectivity index (χ0v) is 12.6. The molecule has 0 heterocycles. The second-order valence-corrected chi connectivity index (χ2v) is 5.50. The van der Waals surface area contributed by atoms with E-state index in [1.165, 1.54) is 11.1 Å². The Morgan fingerprint density at radius 1 is 1.00 bits per heavy atom. The van der Waals surface area contributed by atoms with Crippen LogP contribution in [0.3, 0.4) is 0 Å². The number of aliphatic hydroxyl groups is 1. The van der Waals surface area contributed by atoms with Crippen molar-refractivity contribution in [3.05, 3.63) is 70.2 Å². The molecular formula is C17H20ClNO. The monoisotopic (exact) mass is 289 g/mol. The molecule has 0 aliphatic heterocycles. The molecule has 2 nitrogen and oxygen atoms in total. The van der Waals surface area contributed by atoms with Crippen LogP contribution in [0.15, 0.2) is 48.5 Å². The number of benzene rings is 2. The largest absolute Gasteiger partial charge is 0.392 e. The smallest absolute Gasteiger partial charge is 0.0681 e. The Morgan fingerprint density at radius 2 is 1.65 bits per heavy atom. The van der Waals surface area contributed by atoms with Gasteiger partial charge in [0.25, 0.3) is 0 Å². The van der Waals surface area contributed by atoms with Crippen LogP contribution >= 0.6 is 11.6 Å². The van der Waals surface area contributed by atoms with Gasteiger partial charge in [0.15, 0.2) is 0 Å². The highest BCUT2D eigenvalue weighted by Gasteiger charge is 2.11. The molecule has 0 bridgehead atoms. The van der Waals surface area contributed by atoms with Gasteiger partial charge >= 0.3 is 0 Å². The molecule has 0 saturated carbocycles. The summed E-state index contributed by atoms with van der Waals surface area (Å²) in [5, 5.41) is 13.5. The van der Waals surface area contributed by atoms with Crippen LogP contribution in [-0.2, 0) is 6.61 Å². The lowest BCUT2D eigenvalue weighted by molar-refractivity contribution is 0.281. The summed E-state index contributed by atoms with van der Waals surface area (Å²) in [6.07, 6.45) is 0. The first kappa shape index (κ1) is 15.0. The third-order valence-corrected chi connectivity index (χ3v) is 3.76. The Bertz CT molecular complexity index is 553. The quantitative estimate of drug-likeness (QED) is 0.863. The molecule has 0 radical (unpaired) electrons. The minimum Gasteiger partial charge on any atom is -0.392 e. The topological polar surface area (TPSA) is 32.3 Å². The number of hydrogen-bond donors (Lipinski definition) is 2. The molecule has 0 spiro atoms. The highest BCUT2D eigenvalue weighted by molar-refractivity contribution is 6.30. The third-order valence-electron chi connectivity index (χ3n) is 3.50. The number of rotatable bonds is 5. The summed E-state index contributed by atoms with van der Waals surface area (Å²) in [7, 11) is 0. The molecule has 2 unspecified atom stereocenters. The first-order valence-corrected chi connectivity index (χ1v) is 7.19. The summed E-state index contributed by atoms with van der Waals surface area (Å²) in [6.45, 7) is 4.34. The van der Waals surface area contributed by atoms with Crippen LogP contribution in [0.2, 0.25) is 5.02 Å². The van der Waals surface area contributed by atoms with Gasteiger partial charge in [0.2, 0.25) is 0 Å². The molecule has 2 atom stereocenters. The van der Waals surface area contributed by atoms with Gasteiger partial charge in [-0.2, -0.15) is 0 Å². The van der Waals surface area contributed by atoms with Crippen molar-refractivity contribution in [2.45, 2.75) is 32.5 Å². The summed E-state index contributed by atoms with van der Waals surface area (Å²) in [5.41, 5.74) is 3.33. The fourth-order valence-corrected chi connectivity index (χ4v) is 2.41. The van der Waals surface area contributed by atoms with E-state index in [4.69, 9.17) is 11.6 Å². The normalized spacial score (nSPS) is 14.0. The average molecular weight is 290 g/mol. The molecule has 2 rings (SSSR count). The fourth-order valence-electron chi connectivity index (χ4n) is 2.28. The van der Waals surface area contributed by atoms with E-state index in [2.05, 4.69) is 25.2 Å². The number of nitrogens with one attached hydrogen (secondary N) is 1. The Balaban J connectivity index is 2.06. The third kappa shape index (κ3) is 3.83. The lowest BCUT2D eigenvalue weighted by atomic mass is 10.0. The lowest BCUT2D eigenvalue weighted by Gasteiger charge is -2.21. The number of aliphatic hydroxyl groups excluding tert-OH is 1. The van der Waals surface area contributed by atoms with Crippen LogP contribution in [0.1, 0.15) is 42.6 Å². The van der Waals surface area contributed by atoms with Crippen LogP contribution in [-0.4, -0.2) is 5.11 Å². The zero-order chi connectivity index (χ0) is 14.5. The van der Waals surface area contributed by atoms with Gasteiger partial charge < -0.3 is 10.4 Å². The molecule has 0 aromatic heterocycles. The molecule has 0 fully saturated rings. The molecule has 0 aliphatic carbocycles. The van der Waals surface area contributed by atoms with E-state index in [9.17, 15) is 5.11 Å². The van der Waals surface area contributed by atoms with E-state index in [0.29, 0.717) is 0 Å². The van der Waals surface area contributed by atoms with Crippen molar-refractivity contribution in [2.24, 2.45) is 0 Å². The molecule has 3 heteroatoms. The predicted molar refractivity (Wildman–Crippen MR) is 83.8 cm³/mol. The first-order chi connectivity index (χ1) is 9.60. The summed E-state index contributed by atoms with van der Waals surface area (Å²) < 4.78 is 0. The van der Waals surface area contributed by atoms with E-state index in [0.717, 1.165) is 10.6 Å². The number of halogens is 1. The van der Waals surface area contributed by atoms with Crippen molar-refractivity contribution < 1.29 is 5.11 Å². The highest BCUT2D eigenvalue weighted by Crippen LogP contribution is 2.21. The molecule has 2 aromatic rings. The maximum absolute atomic E-state index is 9.20. The standard InChI is InChI=1S/C17H20ClNO/c1-12(15-6-8-17(18)9-7-15)19-13(2)16-5-3-4-14(10-16)11-20/h3-10,12-13,19-20H,11H2,1-2H3. The molecule has 0 amide bonds. The van der Waals surface area contributed by atoms with Crippen molar-refractivity contribution in [2.75, 3.05) is 0 Å². The SMILES string of the molecule is CC(NC(C)c1cccc(CO)c1)c1ccc(Cl)cc1. The Labute approximate surface area is 125 Å². The molecule has 2 aromatic carbocycles. The highest BCUT2D eigenvalue weighted by atomic mass is 35.5. The van der Waals surface area contributed by atoms with Gasteiger partial charge in [-0.1, -0.05) is 48.0 Å². The van der Waals surface area contributed by atoms with Crippen molar-refractivity contribution in [1.82, 2.24) is 5.32 Å². The molecular weight excluding hydrogens is 270 g/mol. The van der Waals surface area contributed by atoms with E-state index in [-0.39, 0.29) is 18.7 Å². The van der Waals surface area contributed by atoms with Crippen LogP contribution in [0, 0.1) is 0 Å². The Morgan fingerprint density at radius 3 is 2.30 bits per heavy atom. The van der Waals surface area contributed by atoms with Gasteiger partial charge in [0, 0.05) is 17.1 Å². The van der Waals surface area contributed by atoms with E-state index in [1.54, 1.807) is 0 Å². The van der Waals surface area contributed by atoms with Crippen LogP contribution in [0.4, 0.5) is 0 Å². The first-order valence-electron chi connectivity index (χ1n) is 6.81. The Kier molecular flexibility index (Phi) is 5.18. The summed E-state index contributed by atoms with van der Waals surface area (Å²) in [6, 6.07) is 16.4. The summed E-state index contributed by atoms with van der Waals surface area (Å²) >= 11 is 5.91. The van der Waals surface area contributed by atoms with Crippen molar-refractivity contribution in [3.63, 3.8) is 0 Å². The van der Waals surface area contributed by atoms with E-state index in [1.807, 2.05) is 42.5 Å². The second kappa shape index (κ2) is 6.89. The zero-order valence-electron chi connectivity index (χ0n) is 11.8. The van der Waals surface area contributed by atoms with Gasteiger partial charge in [-0.05, 0) is 42.7 Å². The van der Waals surface area contributed by atoms with Crippen molar-refractivity contribution in [3.8, 4) is 0 Å². The lowest BCUT2D eigenvalue weighted by Crippen LogP contribution is -2.22. The van der Waals surface area contributed by atoms with Crippen LogP contribution in [0.25, 0.3) is 0 Å². The maximum Gasteiger partial charge on any atom is 0.0681 e. The second-order valence-electron chi connectivity index (χ2n) is 5.06. The van der Waals surface area contributed by atoms with Crippen LogP contribution in [0.5, 0.6) is 0 Å². The molecule has 2 N–H and O–H groups in total. The predicted octanol–water partition coefficient (Wildman–Crippen LogP) is 4.24. The molecule has 0 aliphatic rings. The van der Waals surface area contributed by atoms with Gasteiger partial charge in [-0.15, -0.1) is 0 Å². The van der Waals surface area contributed by atoms with Crippen molar-refractivity contribution >= 4 is 11.6 Å². The molecule has 20 heavy (non-hydrogen) atoms. The van der Waals surface area contributed by atoms with E-state index >= 15 is 0 Å². The minimum atomic E-state index is 0.0767. The Hall–Kier alpha value is -1.35. The fraction of sp³-hybridized carbons (Fsp3) is 0.294. The van der Waals surface area contributed by atoms with E-state index < -0.39 is 0 Å². The summed E-state index contributed by atoms with van der Waals surface area (Å²) in [5.74, 6) is 0. The number of hydrogen-bond acceptors (Lipinski definition) is 2. The van der Waals surface area contributed by atoms with Gasteiger partial charge in [-0.25, -0.2) is 0 Å². The maximum atomic E-state index is 9.20. The van der Waals surface area contributed by atoms with Gasteiger partial charge in [-0.3, -0.25) is 0 Å². The van der Waals surface area contributed by atoms with Crippen molar-refractivity contribution in [1.29, 1.82) is 0 Å². The average Bonchev–Trinajstić information content (AvgIpc) is 2.47. The van der Waals surface area contributed by atoms with Gasteiger partial charge in [0.05, 0.1) is 6.61 Å². The summed E-state index contributed by atoms with van der Waals surface area (Å²) in [4.78, 5) is 0. The molecule has 0 saturated heterocycles. The van der Waals surface area contributed by atoms with Crippen LogP contribution < -0.4 is 5.32 Å². The molecule has 106 valence electrons.